The molecule has 136 valence electrons. The SMILES string of the molecule is O=C(O)c1cn[nH]c1C1CCCCN1C(=O)Cc1ccc2c(c1)CCC2. The Bertz CT molecular complexity index is 843. The number of nitrogens with zero attached hydrogens (tertiary/aromatic N) is 2. The van der Waals surface area contributed by atoms with Crippen molar-refractivity contribution in [3.63, 3.8) is 0 Å². The van der Waals surface area contributed by atoms with Crippen LogP contribution in [-0.2, 0) is 24.1 Å². The average Bonchev–Trinajstić information content (AvgIpc) is 3.30. The lowest BCUT2D eigenvalue weighted by Crippen LogP contribution is -2.40. The number of likely N-dealkylation sites (tertiary alicyclic amines) is 1. The maximum atomic E-state index is 13.0. The number of aromatic nitrogens is 2. The summed E-state index contributed by atoms with van der Waals surface area (Å²) >= 11 is 0. The van der Waals surface area contributed by atoms with Gasteiger partial charge in [0.2, 0.25) is 5.91 Å². The van der Waals surface area contributed by atoms with E-state index in [2.05, 4.69) is 28.4 Å². The van der Waals surface area contributed by atoms with Crippen LogP contribution >= 0.6 is 0 Å². The van der Waals surface area contributed by atoms with Gasteiger partial charge in [-0.1, -0.05) is 18.2 Å². The fourth-order valence-corrected chi connectivity index (χ4v) is 4.26. The lowest BCUT2D eigenvalue weighted by Gasteiger charge is -2.35. The molecule has 4 rings (SSSR count). The average molecular weight is 353 g/mol. The first-order valence-corrected chi connectivity index (χ1v) is 9.30. The van der Waals surface area contributed by atoms with Crippen LogP contribution in [0.3, 0.4) is 0 Å². The van der Waals surface area contributed by atoms with Gasteiger partial charge in [0.1, 0.15) is 5.56 Å². The molecule has 1 aromatic heterocycles. The molecule has 6 nitrogen and oxygen atoms in total. The molecule has 6 heteroatoms. The molecule has 1 atom stereocenters. The highest BCUT2D eigenvalue weighted by molar-refractivity contribution is 5.89. The van der Waals surface area contributed by atoms with E-state index in [9.17, 15) is 14.7 Å². The second-order valence-corrected chi connectivity index (χ2v) is 7.23. The van der Waals surface area contributed by atoms with Crippen molar-refractivity contribution < 1.29 is 14.7 Å². The minimum absolute atomic E-state index is 0.0542. The van der Waals surface area contributed by atoms with Gasteiger partial charge in [-0.15, -0.1) is 0 Å². The number of carbonyl (C=O) groups excluding carboxylic acids is 1. The number of hydrogen-bond acceptors (Lipinski definition) is 3. The van der Waals surface area contributed by atoms with Crippen molar-refractivity contribution >= 4 is 11.9 Å². The highest BCUT2D eigenvalue weighted by atomic mass is 16.4. The van der Waals surface area contributed by atoms with Crippen molar-refractivity contribution in [1.82, 2.24) is 15.1 Å². The third-order valence-corrected chi connectivity index (χ3v) is 5.57. The Kier molecular flexibility index (Phi) is 4.49. The largest absolute Gasteiger partial charge is 0.478 e. The molecule has 26 heavy (non-hydrogen) atoms. The maximum absolute atomic E-state index is 13.0. The molecule has 1 saturated heterocycles. The molecule has 1 unspecified atom stereocenters. The zero-order chi connectivity index (χ0) is 18.1. The number of carboxylic acid groups (broad SMARTS) is 1. The summed E-state index contributed by atoms with van der Waals surface area (Å²) in [7, 11) is 0. The van der Waals surface area contributed by atoms with Gasteiger partial charge in [0.15, 0.2) is 0 Å². The van der Waals surface area contributed by atoms with Crippen molar-refractivity contribution in [1.29, 1.82) is 0 Å². The van der Waals surface area contributed by atoms with Crippen molar-refractivity contribution in [2.75, 3.05) is 6.54 Å². The number of amides is 1. The van der Waals surface area contributed by atoms with Crippen molar-refractivity contribution in [2.24, 2.45) is 0 Å². The van der Waals surface area contributed by atoms with E-state index >= 15 is 0 Å². The van der Waals surface area contributed by atoms with E-state index in [-0.39, 0.29) is 17.5 Å². The number of carboxylic acids is 1. The summed E-state index contributed by atoms with van der Waals surface area (Å²) in [6.07, 6.45) is 7.80. The molecule has 2 aliphatic rings. The van der Waals surface area contributed by atoms with Gasteiger partial charge in [0, 0.05) is 6.54 Å². The summed E-state index contributed by atoms with van der Waals surface area (Å²) in [4.78, 5) is 26.3. The molecule has 1 aliphatic heterocycles. The number of aryl methyl sites for hydroxylation is 2. The lowest BCUT2D eigenvalue weighted by atomic mass is 9.95. The summed E-state index contributed by atoms with van der Waals surface area (Å²) < 4.78 is 0. The molecule has 0 spiro atoms. The fraction of sp³-hybridized carbons (Fsp3) is 0.450. The van der Waals surface area contributed by atoms with E-state index in [4.69, 9.17) is 0 Å². The Morgan fingerprint density at radius 3 is 2.88 bits per heavy atom. The van der Waals surface area contributed by atoms with Crippen LogP contribution in [0.25, 0.3) is 0 Å². The molecule has 0 bridgehead atoms. The standard InChI is InChI=1S/C20H23N3O3/c24-18(11-13-7-8-14-4-3-5-15(14)10-13)23-9-2-1-6-17(23)19-16(20(25)26)12-21-22-19/h7-8,10,12,17H,1-6,9,11H2,(H,21,22)(H,25,26). The number of H-pyrrole nitrogens is 1. The van der Waals surface area contributed by atoms with E-state index in [0.717, 1.165) is 37.7 Å². The second kappa shape index (κ2) is 6.94. The molecular weight excluding hydrogens is 330 g/mol. The predicted molar refractivity (Wildman–Crippen MR) is 96.0 cm³/mol. The number of fused-ring (bicyclic) bond motifs is 1. The Labute approximate surface area is 152 Å². The Morgan fingerprint density at radius 1 is 1.19 bits per heavy atom. The number of nitrogens with one attached hydrogen (secondary N) is 1. The summed E-state index contributed by atoms with van der Waals surface area (Å²) in [6.45, 7) is 0.659. The van der Waals surface area contributed by atoms with Crippen LogP contribution in [0, 0.1) is 0 Å². The van der Waals surface area contributed by atoms with Gasteiger partial charge in [0.05, 0.1) is 24.4 Å². The molecule has 0 saturated carbocycles. The summed E-state index contributed by atoms with van der Waals surface area (Å²) in [6, 6.07) is 6.13. The summed E-state index contributed by atoms with van der Waals surface area (Å²) in [5.41, 5.74) is 4.52. The number of benzene rings is 1. The van der Waals surface area contributed by atoms with Crippen LogP contribution < -0.4 is 0 Å². The highest BCUT2D eigenvalue weighted by Crippen LogP contribution is 2.32. The number of piperidine rings is 1. The molecule has 1 fully saturated rings. The van der Waals surface area contributed by atoms with Crippen LogP contribution in [0.5, 0.6) is 0 Å². The lowest BCUT2D eigenvalue weighted by molar-refractivity contribution is -0.134. The van der Waals surface area contributed by atoms with Gasteiger partial charge < -0.3 is 10.0 Å². The normalized spacial score (nSPS) is 19.4. The molecule has 2 aromatic rings. The third-order valence-electron chi connectivity index (χ3n) is 5.57. The van der Waals surface area contributed by atoms with Crippen molar-refractivity contribution in [3.8, 4) is 0 Å². The number of aromatic carboxylic acids is 1. The number of carbonyl (C=O) groups is 2. The van der Waals surface area contributed by atoms with Crippen LogP contribution in [0.4, 0.5) is 0 Å². The first-order valence-electron chi connectivity index (χ1n) is 9.30. The van der Waals surface area contributed by atoms with E-state index < -0.39 is 5.97 Å². The molecule has 1 amide bonds. The molecule has 1 aliphatic carbocycles. The number of hydrogen-bond donors (Lipinski definition) is 2. The highest BCUT2D eigenvalue weighted by Gasteiger charge is 2.32. The van der Waals surface area contributed by atoms with Crippen molar-refractivity contribution in [3.05, 3.63) is 52.3 Å². The fourth-order valence-electron chi connectivity index (χ4n) is 4.26. The second-order valence-electron chi connectivity index (χ2n) is 7.23. The Morgan fingerprint density at radius 2 is 2.04 bits per heavy atom. The summed E-state index contributed by atoms with van der Waals surface area (Å²) in [5.74, 6) is -0.955. The van der Waals surface area contributed by atoms with E-state index in [1.165, 1.54) is 23.7 Å². The van der Waals surface area contributed by atoms with Crippen LogP contribution in [-0.4, -0.2) is 38.6 Å². The van der Waals surface area contributed by atoms with Gasteiger partial charge in [-0.2, -0.15) is 5.10 Å². The Hall–Kier alpha value is -2.63. The number of aromatic amines is 1. The van der Waals surface area contributed by atoms with Gasteiger partial charge in [0.25, 0.3) is 0 Å². The van der Waals surface area contributed by atoms with Gasteiger partial charge in [-0.05, 0) is 55.2 Å². The van der Waals surface area contributed by atoms with E-state index in [1.807, 2.05) is 4.90 Å². The summed E-state index contributed by atoms with van der Waals surface area (Å²) in [5, 5.41) is 16.1. The minimum atomic E-state index is -1.01. The van der Waals surface area contributed by atoms with Crippen LogP contribution in [0.1, 0.15) is 64.5 Å². The molecule has 0 radical (unpaired) electrons. The van der Waals surface area contributed by atoms with Gasteiger partial charge in [-0.25, -0.2) is 4.79 Å². The minimum Gasteiger partial charge on any atom is -0.478 e. The molecule has 1 aromatic carbocycles. The quantitative estimate of drug-likeness (QED) is 0.885. The number of rotatable bonds is 4. The first-order chi connectivity index (χ1) is 12.6. The molecule has 2 N–H and O–H groups in total. The van der Waals surface area contributed by atoms with Gasteiger partial charge >= 0.3 is 5.97 Å². The molecular formula is C20H23N3O3. The smallest absolute Gasteiger partial charge is 0.339 e. The van der Waals surface area contributed by atoms with Crippen LogP contribution in [0.2, 0.25) is 0 Å². The zero-order valence-electron chi connectivity index (χ0n) is 14.7. The first kappa shape index (κ1) is 16.8. The predicted octanol–water partition coefficient (Wildman–Crippen LogP) is 2.89. The Balaban J connectivity index is 1.55. The van der Waals surface area contributed by atoms with Crippen LogP contribution in [0.15, 0.2) is 24.4 Å². The zero-order valence-corrected chi connectivity index (χ0v) is 14.7. The van der Waals surface area contributed by atoms with Gasteiger partial charge in [-0.3, -0.25) is 9.89 Å². The maximum Gasteiger partial charge on any atom is 0.339 e. The van der Waals surface area contributed by atoms with E-state index in [0.29, 0.717) is 18.7 Å². The monoisotopic (exact) mass is 353 g/mol. The molecule has 2 heterocycles. The van der Waals surface area contributed by atoms with Crippen molar-refractivity contribution in [2.45, 2.75) is 51.0 Å². The third kappa shape index (κ3) is 3.11. The van der Waals surface area contributed by atoms with E-state index in [1.54, 1.807) is 0 Å². The topological polar surface area (TPSA) is 86.3 Å².